The van der Waals surface area contributed by atoms with E-state index in [0.29, 0.717) is 17.3 Å². The fourth-order valence-electron chi connectivity index (χ4n) is 6.31. The van der Waals surface area contributed by atoms with E-state index < -0.39 is 82.5 Å². The highest BCUT2D eigenvalue weighted by Gasteiger charge is 2.35. The van der Waals surface area contributed by atoms with Crippen LogP contribution >= 0.6 is 0 Å². The molecule has 0 bridgehead atoms. The lowest BCUT2D eigenvalue weighted by Crippen LogP contribution is -2.13. The van der Waals surface area contributed by atoms with Crippen LogP contribution in [0.2, 0.25) is 0 Å². The van der Waals surface area contributed by atoms with Crippen molar-refractivity contribution in [1.29, 1.82) is 0 Å². The Morgan fingerprint density at radius 2 is 1.30 bits per heavy atom. The molecule has 70 heavy (non-hydrogen) atoms. The minimum Gasteiger partial charge on any atom is -0.507 e. The molecular weight excluding hydrogens is 934 g/mol. The van der Waals surface area contributed by atoms with Gasteiger partial charge in [0.2, 0.25) is 0 Å². The number of carbonyl (C=O) groups is 6. The van der Waals surface area contributed by atoms with Crippen molar-refractivity contribution in [3.8, 4) is 5.75 Å². The Labute approximate surface area is 391 Å². The van der Waals surface area contributed by atoms with Crippen molar-refractivity contribution in [1.82, 2.24) is 9.97 Å². The predicted molar refractivity (Wildman–Crippen MR) is 239 cm³/mol. The van der Waals surface area contributed by atoms with Gasteiger partial charge < -0.3 is 35.7 Å². The minimum absolute atomic E-state index is 0.0811. The average Bonchev–Trinajstić information content (AvgIpc) is 3.75. The first-order valence-corrected chi connectivity index (χ1v) is 19.8. The molecule has 1 aliphatic carbocycles. The van der Waals surface area contributed by atoms with Crippen LogP contribution in [0.5, 0.6) is 5.75 Å². The number of rotatable bonds is 9. The van der Waals surface area contributed by atoms with E-state index in [1.165, 1.54) is 29.8 Å². The number of nitrogens with zero attached hydrogens (tertiary/aromatic N) is 3. The Morgan fingerprint density at radius 1 is 0.643 bits per heavy atom. The molecule has 21 heteroatoms. The SMILES string of the molecule is O=C(O)Cc1c(F)cccc1C(F)(F)F.O=C(O)c1c(O)cccc1F.O=C(O)c1ccc(N=Cc2cccnc2)cc1.O=C(O)c1ccc2cccc3c2c1CC3.O=C(O)c1ccnc(C(=O)O)c1. The maximum Gasteiger partial charge on any atom is 0.416 e. The number of hydrogen-bond acceptors (Lipinski definition) is 10. The molecule has 7 aromatic rings. The van der Waals surface area contributed by atoms with Crippen molar-refractivity contribution in [2.45, 2.75) is 25.4 Å². The molecule has 360 valence electrons. The van der Waals surface area contributed by atoms with Gasteiger partial charge in [-0.2, -0.15) is 13.2 Å². The third-order valence-electron chi connectivity index (χ3n) is 9.46. The fourth-order valence-corrected chi connectivity index (χ4v) is 6.31. The zero-order chi connectivity index (χ0) is 51.7. The van der Waals surface area contributed by atoms with Crippen LogP contribution in [-0.4, -0.2) is 87.7 Å². The molecular formula is C49H36F5N3O13. The lowest BCUT2D eigenvalue weighted by atomic mass is 10.0. The van der Waals surface area contributed by atoms with Crippen molar-refractivity contribution in [2.75, 3.05) is 0 Å². The lowest BCUT2D eigenvalue weighted by Gasteiger charge is -2.11. The van der Waals surface area contributed by atoms with Crippen molar-refractivity contribution in [3.63, 3.8) is 0 Å². The van der Waals surface area contributed by atoms with Gasteiger partial charge in [-0.3, -0.25) is 14.8 Å². The zero-order valence-electron chi connectivity index (χ0n) is 35.7. The summed E-state index contributed by atoms with van der Waals surface area (Å²) in [6, 6.07) is 27.8. The molecule has 0 saturated carbocycles. The fraction of sp³-hybridized carbons (Fsp3) is 0.0816. The molecule has 0 spiro atoms. The van der Waals surface area contributed by atoms with Crippen molar-refractivity contribution in [3.05, 3.63) is 201 Å². The van der Waals surface area contributed by atoms with E-state index in [1.807, 2.05) is 30.3 Å². The summed E-state index contributed by atoms with van der Waals surface area (Å²) in [5.41, 5.74) is 1.50. The summed E-state index contributed by atoms with van der Waals surface area (Å²) in [4.78, 5) is 74.5. The Hall–Kier alpha value is -9.40. The number of aliphatic carboxylic acids is 1. The lowest BCUT2D eigenvalue weighted by molar-refractivity contribution is -0.140. The van der Waals surface area contributed by atoms with Gasteiger partial charge in [-0.05, 0) is 108 Å². The average molecular weight is 970 g/mol. The monoisotopic (exact) mass is 969 g/mol. The summed E-state index contributed by atoms with van der Waals surface area (Å²) in [6.07, 6.45) is 2.33. The summed E-state index contributed by atoms with van der Waals surface area (Å²) >= 11 is 0. The van der Waals surface area contributed by atoms with Crippen LogP contribution in [-0.2, 0) is 30.2 Å². The summed E-state index contributed by atoms with van der Waals surface area (Å²) in [7, 11) is 0. The van der Waals surface area contributed by atoms with Gasteiger partial charge in [-0.1, -0.05) is 42.5 Å². The predicted octanol–water partition coefficient (Wildman–Crippen LogP) is 9.35. The van der Waals surface area contributed by atoms with E-state index in [0.717, 1.165) is 71.3 Å². The molecule has 2 heterocycles. The van der Waals surface area contributed by atoms with Crippen molar-refractivity contribution < 1.29 is 86.5 Å². The maximum absolute atomic E-state index is 13.0. The number of aromatic carboxylic acids is 5. The van der Waals surface area contributed by atoms with Gasteiger partial charge in [0.15, 0.2) is 0 Å². The summed E-state index contributed by atoms with van der Waals surface area (Å²) in [5, 5.41) is 62.6. The van der Waals surface area contributed by atoms with E-state index in [2.05, 4.69) is 21.0 Å². The number of alkyl halides is 3. The first-order valence-electron chi connectivity index (χ1n) is 19.8. The second-order valence-electron chi connectivity index (χ2n) is 14.1. The van der Waals surface area contributed by atoms with E-state index >= 15 is 0 Å². The Kier molecular flexibility index (Phi) is 18.5. The summed E-state index contributed by atoms with van der Waals surface area (Å²) in [5.74, 6) is -9.79. The van der Waals surface area contributed by atoms with Gasteiger partial charge in [-0.15, -0.1) is 0 Å². The molecule has 5 aromatic carbocycles. The highest BCUT2D eigenvalue weighted by molar-refractivity contribution is 6.00. The van der Waals surface area contributed by atoms with Crippen LogP contribution in [0.4, 0.5) is 27.6 Å². The summed E-state index contributed by atoms with van der Waals surface area (Å²) < 4.78 is 62.5. The third kappa shape index (κ3) is 15.1. The van der Waals surface area contributed by atoms with Crippen LogP contribution in [0.15, 0.2) is 139 Å². The molecule has 2 aromatic heterocycles. The van der Waals surface area contributed by atoms with Gasteiger partial charge in [0.25, 0.3) is 0 Å². The van der Waals surface area contributed by atoms with Gasteiger partial charge in [0.1, 0.15) is 28.6 Å². The van der Waals surface area contributed by atoms with E-state index in [-0.39, 0.29) is 16.8 Å². The van der Waals surface area contributed by atoms with E-state index in [9.17, 15) is 50.7 Å². The molecule has 0 amide bonds. The van der Waals surface area contributed by atoms with Crippen molar-refractivity contribution >= 4 is 58.5 Å². The maximum atomic E-state index is 13.0. The normalized spacial score (nSPS) is 11.0. The number of carboxylic acid groups (broad SMARTS) is 6. The van der Waals surface area contributed by atoms with Gasteiger partial charge in [-0.25, -0.2) is 37.7 Å². The van der Waals surface area contributed by atoms with E-state index in [4.69, 9.17) is 35.7 Å². The Bertz CT molecular complexity index is 3030. The number of benzene rings is 5. The highest BCUT2D eigenvalue weighted by atomic mass is 19.4. The number of pyridine rings is 2. The standard InChI is InChI=1S/C13H10N2O2.C13H10O2.C9H6F4O2.C7H5FO3.C7H5NO4/c16-13(17)11-3-5-12(6-4-11)15-9-10-2-1-7-14-8-10;14-13(15)11-7-5-9-3-1-2-8-4-6-10(11)12(8)9;10-7-3-1-2-6(9(11,12)13)5(7)4-8(14)15;8-4-2-1-3-5(9)6(4)7(10)11;9-6(10)4-1-2-8-5(3-4)7(11)12/h1-9H,(H,16,17);1-3,5,7H,4,6H2,(H,14,15);1-3H,4H2,(H,14,15);1-3,9H,(H,10,11);1-3H,(H,9,10)(H,11,12). The van der Waals surface area contributed by atoms with Crippen LogP contribution in [0.25, 0.3) is 10.8 Å². The van der Waals surface area contributed by atoms with Crippen molar-refractivity contribution in [2.24, 2.45) is 4.99 Å². The molecule has 0 atom stereocenters. The molecule has 0 fully saturated rings. The van der Waals surface area contributed by atoms with Crippen LogP contribution in [0.1, 0.15) is 79.7 Å². The number of halogens is 5. The minimum atomic E-state index is -4.74. The largest absolute Gasteiger partial charge is 0.507 e. The number of carboxylic acids is 6. The Balaban J connectivity index is 0.000000192. The topological polar surface area (TPSA) is 282 Å². The number of phenols is 1. The number of aliphatic imine (C=N–C) groups is 1. The van der Waals surface area contributed by atoms with E-state index in [1.54, 1.807) is 36.8 Å². The first kappa shape index (κ1) is 53.2. The second kappa shape index (κ2) is 24.4. The van der Waals surface area contributed by atoms with Crippen LogP contribution in [0.3, 0.4) is 0 Å². The number of aromatic nitrogens is 2. The third-order valence-corrected chi connectivity index (χ3v) is 9.46. The zero-order valence-corrected chi connectivity index (χ0v) is 35.7. The molecule has 0 radical (unpaired) electrons. The number of aryl methyl sites for hydroxylation is 2. The molecule has 16 nitrogen and oxygen atoms in total. The molecule has 0 unspecified atom stereocenters. The van der Waals surface area contributed by atoms with Crippen LogP contribution < -0.4 is 0 Å². The van der Waals surface area contributed by atoms with Gasteiger partial charge in [0, 0.05) is 35.9 Å². The van der Waals surface area contributed by atoms with Gasteiger partial charge in [0.05, 0.1) is 34.4 Å². The molecule has 1 aliphatic rings. The highest BCUT2D eigenvalue weighted by Crippen LogP contribution is 2.34. The number of aromatic hydroxyl groups is 1. The van der Waals surface area contributed by atoms with Crippen LogP contribution in [0, 0.1) is 11.6 Å². The smallest absolute Gasteiger partial charge is 0.416 e. The molecule has 8 rings (SSSR count). The second-order valence-corrected chi connectivity index (χ2v) is 14.1. The molecule has 7 N–H and O–H groups in total. The molecule has 0 saturated heterocycles. The molecule has 0 aliphatic heterocycles. The quantitative estimate of drug-likeness (QED) is 0.0524. The number of hydrogen-bond donors (Lipinski definition) is 7. The first-order chi connectivity index (χ1) is 33.1. The van der Waals surface area contributed by atoms with Gasteiger partial charge >= 0.3 is 42.0 Å². The summed E-state index contributed by atoms with van der Waals surface area (Å²) in [6.45, 7) is 0. The Morgan fingerprint density at radius 3 is 1.86 bits per heavy atom.